The number of aliphatic hydroxyl groups is 6. The molecular formula is C43H65N3O21. The van der Waals surface area contributed by atoms with Gasteiger partial charge in [-0.25, -0.2) is 0 Å². The second kappa shape index (κ2) is 22.4. The van der Waals surface area contributed by atoms with Gasteiger partial charge in [0.2, 0.25) is 0 Å². The lowest BCUT2D eigenvalue weighted by Gasteiger charge is -2.51. The quantitative estimate of drug-likeness (QED) is 0.0657. The Morgan fingerprint density at radius 1 is 0.597 bits per heavy atom. The second-order valence-electron chi connectivity index (χ2n) is 18.1. The standard InChI is InChI=1S/C43H65N3O21/c1-17-18(2)38(63-32-19(3)33(54-5)43(62-23(32)14-53-4)67-36-25-16-57-40(60-25)26(45-46-44)37(36)55-6)58-21(12-47)31(17)64-41-29(51)27(49)34(22(13-48)59-41)66-42-30(52)28(50)35-24(61-42)15-56-39(65-35)20-10-8-7-9-11-20/h7-11,17-19,21-43,47-52H,12-16H2,1-6H3/t17?,18?,19?,21-,22?,23-,24?,25?,26?,27+,28+,29?,30?,31-,32-,33?,34+,35+,36-,37-,38+,39?,40+,41-,42-,43-/m0/s1. The summed E-state index contributed by atoms with van der Waals surface area (Å²) in [4.78, 5) is 2.95. The van der Waals surface area contributed by atoms with E-state index in [0.29, 0.717) is 5.56 Å². The monoisotopic (exact) mass is 959 g/mol. The van der Waals surface area contributed by atoms with Crippen molar-refractivity contribution in [3.05, 3.63) is 46.3 Å². The minimum absolute atomic E-state index is 0.0201. The molecule has 1 aromatic rings. The average molecular weight is 960 g/mol. The van der Waals surface area contributed by atoms with Gasteiger partial charge in [0.05, 0.1) is 51.3 Å². The fourth-order valence-electron chi connectivity index (χ4n) is 10.2. The minimum Gasteiger partial charge on any atom is -0.394 e. The van der Waals surface area contributed by atoms with Crippen molar-refractivity contribution in [1.82, 2.24) is 0 Å². The van der Waals surface area contributed by atoms with Crippen LogP contribution in [0.4, 0.5) is 0 Å². The van der Waals surface area contributed by atoms with E-state index in [0.717, 1.165) is 0 Å². The molecule has 378 valence electrons. The van der Waals surface area contributed by atoms with E-state index in [1.807, 2.05) is 39.0 Å². The van der Waals surface area contributed by atoms with Crippen molar-refractivity contribution in [2.24, 2.45) is 22.9 Å². The molecule has 26 atom stereocenters. The molecule has 0 amide bonds. The zero-order chi connectivity index (χ0) is 47.7. The van der Waals surface area contributed by atoms with E-state index in [4.69, 9.17) is 71.1 Å². The second-order valence-corrected chi connectivity index (χ2v) is 18.1. The highest BCUT2D eigenvalue weighted by atomic mass is 16.8. The van der Waals surface area contributed by atoms with E-state index >= 15 is 0 Å². The smallest absolute Gasteiger partial charge is 0.187 e. The van der Waals surface area contributed by atoms with Crippen LogP contribution in [0.1, 0.15) is 32.6 Å². The van der Waals surface area contributed by atoms with Crippen molar-refractivity contribution in [2.45, 2.75) is 162 Å². The Kier molecular flexibility index (Phi) is 17.1. The molecule has 0 spiro atoms. The predicted octanol–water partition coefficient (Wildman–Crippen LogP) is -1.01. The van der Waals surface area contributed by atoms with Crippen LogP contribution in [-0.2, 0) is 71.1 Å². The van der Waals surface area contributed by atoms with E-state index in [-0.39, 0.29) is 19.8 Å². The first-order chi connectivity index (χ1) is 32.3. The van der Waals surface area contributed by atoms with E-state index in [2.05, 4.69) is 10.0 Å². The number of benzene rings is 1. The predicted molar refractivity (Wildman–Crippen MR) is 221 cm³/mol. The van der Waals surface area contributed by atoms with Crippen LogP contribution in [0.3, 0.4) is 0 Å². The van der Waals surface area contributed by atoms with Gasteiger partial charge in [-0.1, -0.05) is 56.2 Å². The molecule has 7 saturated heterocycles. The van der Waals surface area contributed by atoms with Crippen LogP contribution in [0.2, 0.25) is 0 Å². The molecule has 7 aliphatic heterocycles. The van der Waals surface area contributed by atoms with Gasteiger partial charge in [-0.15, -0.1) is 0 Å². The summed E-state index contributed by atoms with van der Waals surface area (Å²) in [5.74, 6) is -1.25. The molecule has 8 rings (SSSR count). The highest BCUT2D eigenvalue weighted by molar-refractivity contribution is 5.17. The average Bonchev–Trinajstić information content (AvgIpc) is 3.78. The Bertz CT molecular complexity index is 1770. The third-order valence-corrected chi connectivity index (χ3v) is 14.1. The summed E-state index contributed by atoms with van der Waals surface area (Å²) in [5.41, 5.74) is 9.95. The zero-order valence-electron chi connectivity index (χ0n) is 38.1. The molecule has 0 aromatic heterocycles. The summed E-state index contributed by atoms with van der Waals surface area (Å²) in [6, 6.07) is 8.26. The van der Waals surface area contributed by atoms with Gasteiger partial charge in [0.1, 0.15) is 85.4 Å². The van der Waals surface area contributed by atoms with Gasteiger partial charge in [0.15, 0.2) is 37.7 Å². The molecule has 7 fully saturated rings. The van der Waals surface area contributed by atoms with Crippen molar-refractivity contribution >= 4 is 0 Å². The third-order valence-electron chi connectivity index (χ3n) is 14.1. The molecule has 2 bridgehead atoms. The largest absolute Gasteiger partial charge is 0.394 e. The lowest BCUT2D eigenvalue weighted by atomic mass is 9.84. The first-order valence-corrected chi connectivity index (χ1v) is 22.7. The summed E-state index contributed by atoms with van der Waals surface area (Å²) < 4.78 is 91.1. The Morgan fingerprint density at radius 2 is 1.19 bits per heavy atom. The Balaban J connectivity index is 0.895. The normalized spacial score (nSPS) is 48.9. The van der Waals surface area contributed by atoms with Crippen LogP contribution in [0.25, 0.3) is 10.4 Å². The molecule has 7 aliphatic rings. The van der Waals surface area contributed by atoms with Gasteiger partial charge in [0.25, 0.3) is 0 Å². The fraction of sp³-hybridized carbons (Fsp3) is 0.860. The van der Waals surface area contributed by atoms with Crippen molar-refractivity contribution in [3.8, 4) is 0 Å². The van der Waals surface area contributed by atoms with Crippen LogP contribution in [-0.4, -0.2) is 220 Å². The lowest BCUT2D eigenvalue weighted by Crippen LogP contribution is -2.66. The van der Waals surface area contributed by atoms with Crippen LogP contribution in [0, 0.1) is 17.8 Å². The van der Waals surface area contributed by atoms with Gasteiger partial charge in [0, 0.05) is 43.6 Å². The van der Waals surface area contributed by atoms with Crippen LogP contribution in [0.15, 0.2) is 35.4 Å². The van der Waals surface area contributed by atoms with Gasteiger partial charge in [-0.2, -0.15) is 0 Å². The summed E-state index contributed by atoms with van der Waals surface area (Å²) in [6.45, 7) is 4.64. The van der Waals surface area contributed by atoms with Gasteiger partial charge < -0.3 is 102 Å². The third kappa shape index (κ3) is 10.3. The zero-order valence-corrected chi connectivity index (χ0v) is 38.1. The molecule has 24 nitrogen and oxygen atoms in total. The van der Waals surface area contributed by atoms with Gasteiger partial charge in [-0.05, 0) is 11.4 Å². The van der Waals surface area contributed by atoms with E-state index < -0.39 is 172 Å². The SMILES string of the molecule is COC[C@@H]1O[C@@H](O[C@H]2C3CO[C@H](O3)C(N=[N+]=[N-])[C@@H]2OC)C(OC)C(C)[C@@H]1O[C@H]1O[C@@H](CO)[C@@H](O[C@@H]2OC(CO)[C@@H](O[C@@H]3OC4COC(c5ccccc5)O[C@H]4[C@H](O)C3O)[C@H](O)C2O)C(C)C1C. The Hall–Kier alpha value is -2.31. The summed E-state index contributed by atoms with van der Waals surface area (Å²) in [5, 5.41) is 70.0. The fourth-order valence-corrected chi connectivity index (χ4v) is 10.2. The van der Waals surface area contributed by atoms with Crippen molar-refractivity contribution in [2.75, 3.05) is 54.4 Å². The number of nitrogens with zero attached hydrogens (tertiary/aromatic N) is 3. The Morgan fingerprint density at radius 3 is 1.88 bits per heavy atom. The molecule has 11 unspecified atom stereocenters. The first kappa shape index (κ1) is 51.1. The number of hydrogen-bond donors (Lipinski definition) is 6. The number of ether oxygens (including phenoxy) is 15. The van der Waals surface area contributed by atoms with Gasteiger partial charge >= 0.3 is 0 Å². The number of methoxy groups -OCH3 is 3. The number of azide groups is 1. The van der Waals surface area contributed by atoms with Crippen molar-refractivity contribution < 1.29 is 102 Å². The lowest BCUT2D eigenvalue weighted by molar-refractivity contribution is -0.393. The number of hydrogen-bond acceptors (Lipinski definition) is 22. The van der Waals surface area contributed by atoms with Gasteiger partial charge in [-0.3, -0.25) is 0 Å². The molecule has 0 saturated carbocycles. The van der Waals surface area contributed by atoms with Crippen LogP contribution >= 0.6 is 0 Å². The first-order valence-electron chi connectivity index (χ1n) is 22.7. The number of fused-ring (bicyclic) bond motifs is 3. The van der Waals surface area contributed by atoms with Crippen molar-refractivity contribution in [1.29, 1.82) is 0 Å². The molecule has 1 aromatic carbocycles. The highest BCUT2D eigenvalue weighted by Gasteiger charge is 2.57. The molecule has 0 radical (unpaired) electrons. The molecule has 0 aliphatic carbocycles. The van der Waals surface area contributed by atoms with E-state index in [9.17, 15) is 36.2 Å². The highest BCUT2D eigenvalue weighted by Crippen LogP contribution is 2.42. The maximum atomic E-state index is 11.4. The maximum absolute atomic E-state index is 11.4. The molecule has 67 heavy (non-hydrogen) atoms. The summed E-state index contributed by atoms with van der Waals surface area (Å²) in [7, 11) is 4.53. The summed E-state index contributed by atoms with van der Waals surface area (Å²) >= 11 is 0. The summed E-state index contributed by atoms with van der Waals surface area (Å²) in [6.07, 6.45) is -23.9. The van der Waals surface area contributed by atoms with Crippen molar-refractivity contribution in [3.63, 3.8) is 0 Å². The Labute approximate surface area is 386 Å². The number of aliphatic hydroxyl groups excluding tert-OH is 6. The maximum Gasteiger partial charge on any atom is 0.187 e. The topological polar surface area (TPSA) is 309 Å². The molecule has 7 heterocycles. The molecular weight excluding hydrogens is 894 g/mol. The minimum atomic E-state index is -1.77. The molecule has 24 heteroatoms. The van der Waals surface area contributed by atoms with E-state index in [1.165, 1.54) is 21.3 Å². The van der Waals surface area contributed by atoms with Crippen LogP contribution < -0.4 is 0 Å². The number of rotatable bonds is 16. The van der Waals surface area contributed by atoms with Crippen LogP contribution in [0.5, 0.6) is 0 Å². The van der Waals surface area contributed by atoms with E-state index in [1.54, 1.807) is 12.1 Å². The molecule has 6 N–H and O–H groups in total.